The van der Waals surface area contributed by atoms with Gasteiger partial charge in [-0.1, -0.05) is 55.1 Å². The molecule has 2 fully saturated rings. The Morgan fingerprint density at radius 3 is 2.20 bits per heavy atom. The Morgan fingerprint density at radius 2 is 1.46 bits per heavy atom. The van der Waals surface area contributed by atoms with Crippen molar-refractivity contribution in [3.8, 4) is 17.2 Å². The van der Waals surface area contributed by atoms with E-state index in [0.717, 1.165) is 75.6 Å². The van der Waals surface area contributed by atoms with E-state index >= 15 is 0 Å². The molecule has 3 heterocycles. The first-order valence-electron chi connectivity index (χ1n) is 19.5. The van der Waals surface area contributed by atoms with Gasteiger partial charge in [0, 0.05) is 49.9 Å². The van der Waals surface area contributed by atoms with Crippen molar-refractivity contribution in [3.05, 3.63) is 137 Å². The van der Waals surface area contributed by atoms with Gasteiger partial charge in [0.15, 0.2) is 0 Å². The minimum absolute atomic E-state index is 0.0943. The van der Waals surface area contributed by atoms with Gasteiger partial charge in [0.2, 0.25) is 5.91 Å². The second-order valence-corrected chi connectivity index (χ2v) is 15.1. The molecule has 9 heteroatoms. The first kappa shape index (κ1) is 35.9. The molecule has 0 saturated carbocycles. The molecule has 4 aromatic rings. The topological polar surface area (TPSA) is 94.6 Å². The number of piperidine rings is 1. The van der Waals surface area contributed by atoms with Crippen LogP contribution < -0.4 is 14.8 Å². The van der Waals surface area contributed by atoms with E-state index in [4.69, 9.17) is 9.47 Å². The third-order valence-electron chi connectivity index (χ3n) is 11.7. The summed E-state index contributed by atoms with van der Waals surface area (Å²) in [6.07, 6.45) is 4.38. The van der Waals surface area contributed by atoms with Crippen LogP contribution in [-0.2, 0) is 17.8 Å². The van der Waals surface area contributed by atoms with Crippen molar-refractivity contribution in [3.63, 3.8) is 0 Å². The van der Waals surface area contributed by atoms with Crippen LogP contribution in [0.15, 0.2) is 103 Å². The molecule has 3 atom stereocenters. The van der Waals surface area contributed by atoms with Crippen LogP contribution in [0.4, 0.5) is 0 Å². The van der Waals surface area contributed by atoms with Crippen LogP contribution in [0.25, 0.3) is 0 Å². The van der Waals surface area contributed by atoms with Gasteiger partial charge < -0.3 is 24.8 Å². The number of allylic oxidation sites excluding steroid dienone is 1. The highest BCUT2D eigenvalue weighted by molar-refractivity contribution is 6.01. The fourth-order valence-corrected chi connectivity index (χ4v) is 8.83. The number of phenols is 1. The molecule has 0 radical (unpaired) electrons. The van der Waals surface area contributed by atoms with Gasteiger partial charge in [-0.3, -0.25) is 19.4 Å². The maximum atomic E-state index is 13.1. The van der Waals surface area contributed by atoms with Crippen molar-refractivity contribution >= 4 is 11.8 Å². The number of benzene rings is 4. The lowest BCUT2D eigenvalue weighted by molar-refractivity contribution is -0.126. The van der Waals surface area contributed by atoms with Gasteiger partial charge in [-0.15, -0.1) is 0 Å². The molecule has 1 aliphatic carbocycles. The van der Waals surface area contributed by atoms with Gasteiger partial charge in [-0.25, -0.2) is 0 Å². The monoisotopic (exact) mass is 726 g/mol. The molecule has 2 saturated heterocycles. The highest BCUT2D eigenvalue weighted by atomic mass is 16.5. The molecule has 54 heavy (non-hydrogen) atoms. The molecule has 3 aliphatic heterocycles. The summed E-state index contributed by atoms with van der Waals surface area (Å²) in [5.41, 5.74) is 7.44. The van der Waals surface area contributed by atoms with Crippen molar-refractivity contribution in [1.82, 2.24) is 20.0 Å². The van der Waals surface area contributed by atoms with Crippen LogP contribution in [0.5, 0.6) is 17.2 Å². The number of aryl methyl sites for hydroxylation is 1. The van der Waals surface area contributed by atoms with E-state index in [0.29, 0.717) is 55.5 Å². The lowest BCUT2D eigenvalue weighted by Crippen LogP contribution is -2.49. The number of hydrogen-bond donors (Lipinski definition) is 2. The van der Waals surface area contributed by atoms with Gasteiger partial charge in [-0.05, 0) is 121 Å². The zero-order valence-corrected chi connectivity index (χ0v) is 30.9. The minimum Gasteiger partial charge on any atom is -0.508 e. The Bertz CT molecular complexity index is 1980. The average Bonchev–Trinajstić information content (AvgIpc) is 3.33. The molecule has 0 spiro atoms. The van der Waals surface area contributed by atoms with E-state index in [1.165, 1.54) is 22.3 Å². The molecule has 0 aromatic heterocycles. The molecule has 2 amide bonds. The molecule has 4 aromatic carbocycles. The van der Waals surface area contributed by atoms with Crippen LogP contribution in [0.2, 0.25) is 0 Å². The maximum absolute atomic E-state index is 13.1. The van der Waals surface area contributed by atoms with Crippen LogP contribution in [0.1, 0.15) is 75.7 Å². The summed E-state index contributed by atoms with van der Waals surface area (Å²) < 4.78 is 12.4. The minimum atomic E-state index is -0.461. The van der Waals surface area contributed by atoms with Gasteiger partial charge >= 0.3 is 0 Å². The average molecular weight is 727 g/mol. The van der Waals surface area contributed by atoms with Crippen LogP contribution in [-0.4, -0.2) is 90.1 Å². The summed E-state index contributed by atoms with van der Waals surface area (Å²) in [6, 6.07) is 30.5. The second kappa shape index (κ2) is 16.1. The first-order valence-corrected chi connectivity index (χ1v) is 19.5. The highest BCUT2D eigenvalue weighted by Crippen LogP contribution is 2.47. The van der Waals surface area contributed by atoms with Crippen molar-refractivity contribution < 1.29 is 24.2 Å². The number of carbonyl (C=O) groups is 2. The number of nitrogens with one attached hydrogen (secondary N) is 1. The Labute approximate surface area is 318 Å². The van der Waals surface area contributed by atoms with Gasteiger partial charge in [-0.2, -0.15) is 0 Å². The summed E-state index contributed by atoms with van der Waals surface area (Å²) in [7, 11) is 0. The predicted octanol–water partition coefficient (Wildman–Crippen LogP) is 6.47. The fourth-order valence-electron chi connectivity index (χ4n) is 8.83. The number of carbonyl (C=O) groups excluding carboxylic acids is 2. The van der Waals surface area contributed by atoms with E-state index in [1.807, 2.05) is 30.3 Å². The van der Waals surface area contributed by atoms with Crippen LogP contribution in [0, 0.1) is 0 Å². The predicted molar refractivity (Wildman–Crippen MR) is 209 cm³/mol. The first-order chi connectivity index (χ1) is 26.4. The number of ether oxygens (including phenoxy) is 2. The van der Waals surface area contributed by atoms with E-state index in [1.54, 1.807) is 4.90 Å². The quantitative estimate of drug-likeness (QED) is 0.183. The van der Waals surface area contributed by atoms with E-state index < -0.39 is 6.04 Å². The molecule has 9 nitrogen and oxygen atoms in total. The largest absolute Gasteiger partial charge is 0.508 e. The van der Waals surface area contributed by atoms with Crippen molar-refractivity contribution in [2.75, 3.05) is 52.5 Å². The SMILES string of the molecule is C=C1CC[C@H](N2Cc3cc(OCCN4CCCN(CCOc5ccc([C@H]6c7ccc(O)cc7CC[C@H]6c6ccccc6)cc5)CC4)ccc3C2=O)C(=O)N1. The van der Waals surface area contributed by atoms with Gasteiger partial charge in [0.1, 0.15) is 36.5 Å². The van der Waals surface area contributed by atoms with Crippen LogP contribution >= 0.6 is 0 Å². The maximum Gasteiger partial charge on any atom is 0.255 e. The fraction of sp³-hybridized carbons (Fsp3) is 0.378. The molecule has 8 rings (SSSR count). The molecule has 280 valence electrons. The van der Waals surface area contributed by atoms with Gasteiger partial charge in [0.25, 0.3) is 5.91 Å². The Kier molecular flexibility index (Phi) is 10.7. The number of rotatable bonds is 11. The number of amides is 2. The normalized spacial score (nSPS) is 22.0. The van der Waals surface area contributed by atoms with Crippen LogP contribution in [0.3, 0.4) is 0 Å². The van der Waals surface area contributed by atoms with E-state index in [9.17, 15) is 14.7 Å². The number of nitrogens with zero attached hydrogens (tertiary/aromatic N) is 3. The van der Waals surface area contributed by atoms with Crippen molar-refractivity contribution in [2.24, 2.45) is 0 Å². The summed E-state index contributed by atoms with van der Waals surface area (Å²) in [5, 5.41) is 13.0. The molecule has 2 N–H and O–H groups in total. The Balaban J connectivity index is 0.792. The highest BCUT2D eigenvalue weighted by Gasteiger charge is 2.38. The Morgan fingerprint density at radius 1 is 0.741 bits per heavy atom. The summed E-state index contributed by atoms with van der Waals surface area (Å²) in [5.74, 6) is 2.33. The Hall–Kier alpha value is -5.12. The van der Waals surface area contributed by atoms with Crippen molar-refractivity contribution in [1.29, 1.82) is 0 Å². The number of aromatic hydroxyl groups is 1. The third kappa shape index (κ3) is 7.88. The van der Waals surface area contributed by atoms with Crippen molar-refractivity contribution in [2.45, 2.75) is 56.5 Å². The van der Waals surface area contributed by atoms with E-state index in [-0.39, 0.29) is 17.7 Å². The number of fused-ring (bicyclic) bond motifs is 2. The summed E-state index contributed by atoms with van der Waals surface area (Å²) in [4.78, 5) is 32.2. The second-order valence-electron chi connectivity index (χ2n) is 15.1. The number of hydrogen-bond acceptors (Lipinski definition) is 7. The van der Waals surface area contributed by atoms with Gasteiger partial charge in [0.05, 0.1) is 0 Å². The summed E-state index contributed by atoms with van der Waals surface area (Å²) in [6.45, 7) is 11.2. The van der Waals surface area contributed by atoms with E-state index in [2.05, 4.69) is 82.4 Å². The molecule has 0 bridgehead atoms. The molecular weight excluding hydrogens is 677 g/mol. The summed E-state index contributed by atoms with van der Waals surface area (Å²) >= 11 is 0. The zero-order valence-electron chi connectivity index (χ0n) is 30.9. The number of phenolic OH excluding ortho intramolecular Hbond substituents is 1. The smallest absolute Gasteiger partial charge is 0.255 e. The zero-order chi connectivity index (χ0) is 37.0. The molecular formula is C45H50N4O5. The lowest BCUT2D eigenvalue weighted by atomic mass is 9.69. The third-order valence-corrected chi connectivity index (χ3v) is 11.7. The molecule has 0 unspecified atom stereocenters. The molecule has 4 aliphatic rings. The standard InChI is InChI=1S/C45H50N4O5/c1-31-8-19-42(44(51)46-31)49-30-35-29-38(15-18-41(35)45(49)52)54-27-25-48-21-5-20-47(22-23-48)24-26-53-37-13-9-33(10-14-37)43-39(32-6-3-2-4-7-32)16-11-34-28-36(50)12-17-40(34)43/h2-4,6-7,9-10,12-15,17-18,28-29,39,42-43,50H,1,5,8,11,16,19-27,30H2,(H,46,51)/t39-,42-,43+/m0/s1. The lowest BCUT2D eigenvalue weighted by Gasteiger charge is -2.35.